The summed E-state index contributed by atoms with van der Waals surface area (Å²) >= 11 is 3.34. The van der Waals surface area contributed by atoms with Crippen molar-refractivity contribution in [3.63, 3.8) is 0 Å². The van der Waals surface area contributed by atoms with Crippen LogP contribution < -0.4 is 4.90 Å². The van der Waals surface area contributed by atoms with Gasteiger partial charge in [-0.3, -0.25) is 9.59 Å². The molecular formula is C20H20BrNO3. The minimum atomic E-state index is -1.81. The van der Waals surface area contributed by atoms with Crippen molar-refractivity contribution in [2.45, 2.75) is 25.9 Å². The van der Waals surface area contributed by atoms with Gasteiger partial charge in [0.15, 0.2) is 11.4 Å². The van der Waals surface area contributed by atoms with E-state index in [1.807, 2.05) is 32.0 Å². The number of fused-ring (bicyclic) bond motifs is 1. The van der Waals surface area contributed by atoms with Gasteiger partial charge in [0.25, 0.3) is 5.91 Å². The molecule has 0 radical (unpaired) electrons. The first kappa shape index (κ1) is 17.8. The standard InChI is InChI=1S/C20H20BrNO3/c1-13(2)12-22-17-9-4-3-8-16(17)20(25,19(22)24)11-18(23)14-6-5-7-15(21)10-14/h3-10,13,25H,11-12H2,1-2H3. The predicted molar refractivity (Wildman–Crippen MR) is 101 cm³/mol. The van der Waals surface area contributed by atoms with Gasteiger partial charge in [0.1, 0.15) is 0 Å². The summed E-state index contributed by atoms with van der Waals surface area (Å²) < 4.78 is 0.782. The second-order valence-electron chi connectivity index (χ2n) is 6.80. The van der Waals surface area contributed by atoms with E-state index in [1.54, 1.807) is 35.2 Å². The van der Waals surface area contributed by atoms with E-state index < -0.39 is 11.5 Å². The Hall–Kier alpha value is -1.98. The lowest BCUT2D eigenvalue weighted by Crippen LogP contribution is -2.43. The SMILES string of the molecule is CC(C)CN1C(=O)C(O)(CC(=O)c2cccc(Br)c2)c2ccccc21. The van der Waals surface area contributed by atoms with E-state index in [0.717, 1.165) is 4.47 Å². The fraction of sp³-hybridized carbons (Fsp3) is 0.300. The van der Waals surface area contributed by atoms with Crippen LogP contribution in [0.1, 0.15) is 36.2 Å². The number of aliphatic hydroxyl groups is 1. The monoisotopic (exact) mass is 401 g/mol. The molecule has 2 aromatic rings. The summed E-state index contributed by atoms with van der Waals surface area (Å²) in [6.07, 6.45) is -0.270. The van der Waals surface area contributed by atoms with Crippen molar-refractivity contribution in [1.29, 1.82) is 0 Å². The topological polar surface area (TPSA) is 57.6 Å². The number of carbonyl (C=O) groups excluding carboxylic acids is 2. The van der Waals surface area contributed by atoms with E-state index in [9.17, 15) is 14.7 Å². The zero-order valence-corrected chi connectivity index (χ0v) is 15.8. The van der Waals surface area contributed by atoms with Crippen LogP contribution in [0, 0.1) is 5.92 Å². The summed E-state index contributed by atoms with van der Waals surface area (Å²) in [5, 5.41) is 11.2. The Morgan fingerprint density at radius 1 is 1.20 bits per heavy atom. The molecule has 4 nitrogen and oxygen atoms in total. The third kappa shape index (κ3) is 3.26. The second kappa shape index (κ2) is 6.73. The summed E-state index contributed by atoms with van der Waals surface area (Å²) in [5.74, 6) is -0.441. The van der Waals surface area contributed by atoms with Crippen LogP contribution in [0.15, 0.2) is 53.0 Å². The molecule has 0 spiro atoms. The number of benzene rings is 2. The minimum Gasteiger partial charge on any atom is -0.375 e. The van der Waals surface area contributed by atoms with Gasteiger partial charge >= 0.3 is 0 Å². The highest BCUT2D eigenvalue weighted by Gasteiger charge is 2.50. The molecule has 0 aliphatic carbocycles. The van der Waals surface area contributed by atoms with Crippen LogP contribution in [0.5, 0.6) is 0 Å². The molecule has 1 heterocycles. The summed E-state index contributed by atoms with van der Waals surface area (Å²) in [7, 11) is 0. The van der Waals surface area contributed by atoms with Gasteiger partial charge in [-0.2, -0.15) is 0 Å². The molecule has 3 rings (SSSR count). The zero-order valence-electron chi connectivity index (χ0n) is 14.2. The van der Waals surface area contributed by atoms with Crippen molar-refractivity contribution in [1.82, 2.24) is 0 Å². The molecule has 1 unspecified atom stereocenters. The normalized spacial score (nSPS) is 19.4. The molecule has 1 aliphatic rings. The zero-order chi connectivity index (χ0) is 18.2. The molecule has 1 aliphatic heterocycles. The summed E-state index contributed by atoms with van der Waals surface area (Å²) in [6, 6.07) is 14.1. The second-order valence-corrected chi connectivity index (χ2v) is 7.71. The molecule has 0 saturated heterocycles. The van der Waals surface area contributed by atoms with Crippen LogP contribution >= 0.6 is 15.9 Å². The molecular weight excluding hydrogens is 382 g/mol. The molecule has 130 valence electrons. The average Bonchev–Trinajstić information content (AvgIpc) is 2.77. The van der Waals surface area contributed by atoms with Gasteiger partial charge in [0, 0.05) is 22.1 Å². The minimum absolute atomic E-state index is 0.250. The summed E-state index contributed by atoms with van der Waals surface area (Å²) in [5.41, 5.74) is -0.157. The van der Waals surface area contributed by atoms with Crippen molar-refractivity contribution in [3.8, 4) is 0 Å². The van der Waals surface area contributed by atoms with E-state index in [1.165, 1.54) is 0 Å². The average molecular weight is 402 g/mol. The van der Waals surface area contributed by atoms with Crippen molar-refractivity contribution >= 4 is 33.3 Å². The van der Waals surface area contributed by atoms with E-state index in [2.05, 4.69) is 15.9 Å². The number of ketones is 1. The first-order chi connectivity index (χ1) is 11.8. The van der Waals surface area contributed by atoms with Crippen LogP contribution in [-0.2, 0) is 10.4 Å². The fourth-order valence-electron chi connectivity index (χ4n) is 3.22. The Kier molecular flexibility index (Phi) is 4.80. The summed E-state index contributed by atoms with van der Waals surface area (Å²) in [6.45, 7) is 4.53. The lowest BCUT2D eigenvalue weighted by molar-refractivity contribution is -0.136. The number of para-hydroxylation sites is 1. The summed E-state index contributed by atoms with van der Waals surface area (Å²) in [4.78, 5) is 27.3. The highest BCUT2D eigenvalue weighted by atomic mass is 79.9. The molecule has 0 fully saturated rings. The van der Waals surface area contributed by atoms with Crippen molar-refractivity contribution in [2.24, 2.45) is 5.92 Å². The highest BCUT2D eigenvalue weighted by molar-refractivity contribution is 9.10. The predicted octanol–water partition coefficient (Wildman–Crippen LogP) is 3.91. The van der Waals surface area contributed by atoms with Gasteiger partial charge in [-0.15, -0.1) is 0 Å². The third-order valence-corrected chi connectivity index (χ3v) is 4.84. The fourth-order valence-corrected chi connectivity index (χ4v) is 3.62. The highest BCUT2D eigenvalue weighted by Crippen LogP contribution is 2.43. The molecule has 25 heavy (non-hydrogen) atoms. The number of hydrogen-bond donors (Lipinski definition) is 1. The molecule has 1 N–H and O–H groups in total. The Labute approximate surface area is 155 Å². The lowest BCUT2D eigenvalue weighted by atomic mass is 9.88. The van der Waals surface area contributed by atoms with Crippen LogP contribution in [0.3, 0.4) is 0 Å². The third-order valence-electron chi connectivity index (χ3n) is 4.35. The molecule has 1 amide bonds. The number of rotatable bonds is 5. The number of amides is 1. The van der Waals surface area contributed by atoms with Gasteiger partial charge in [0.2, 0.25) is 0 Å². The Morgan fingerprint density at radius 2 is 1.92 bits per heavy atom. The Balaban J connectivity index is 1.97. The van der Waals surface area contributed by atoms with Gasteiger partial charge in [0.05, 0.1) is 12.1 Å². The number of anilines is 1. The number of carbonyl (C=O) groups is 2. The largest absolute Gasteiger partial charge is 0.375 e. The quantitative estimate of drug-likeness (QED) is 0.772. The molecule has 2 aromatic carbocycles. The first-order valence-corrected chi connectivity index (χ1v) is 9.05. The van der Waals surface area contributed by atoms with Gasteiger partial charge in [-0.25, -0.2) is 0 Å². The van der Waals surface area contributed by atoms with Crippen molar-refractivity contribution < 1.29 is 14.7 Å². The molecule has 0 bridgehead atoms. The maximum atomic E-state index is 13.0. The van der Waals surface area contributed by atoms with E-state index in [-0.39, 0.29) is 18.1 Å². The molecule has 5 heteroatoms. The van der Waals surface area contributed by atoms with E-state index in [4.69, 9.17) is 0 Å². The van der Waals surface area contributed by atoms with E-state index in [0.29, 0.717) is 23.4 Å². The van der Waals surface area contributed by atoms with Crippen LogP contribution in [0.4, 0.5) is 5.69 Å². The van der Waals surface area contributed by atoms with Gasteiger partial charge < -0.3 is 10.0 Å². The number of Topliss-reactive ketones (excluding diaryl/α,β-unsaturated/α-hetero) is 1. The number of nitrogens with zero attached hydrogens (tertiary/aromatic N) is 1. The Morgan fingerprint density at radius 3 is 2.60 bits per heavy atom. The van der Waals surface area contributed by atoms with E-state index >= 15 is 0 Å². The first-order valence-electron chi connectivity index (χ1n) is 8.25. The van der Waals surface area contributed by atoms with Crippen LogP contribution in [-0.4, -0.2) is 23.3 Å². The molecule has 0 saturated carbocycles. The van der Waals surface area contributed by atoms with Crippen LogP contribution in [0.25, 0.3) is 0 Å². The maximum absolute atomic E-state index is 13.0. The van der Waals surface area contributed by atoms with Gasteiger partial charge in [-0.05, 0) is 24.1 Å². The number of hydrogen-bond acceptors (Lipinski definition) is 3. The maximum Gasteiger partial charge on any atom is 0.264 e. The van der Waals surface area contributed by atoms with Crippen LogP contribution in [0.2, 0.25) is 0 Å². The molecule has 0 aromatic heterocycles. The van der Waals surface area contributed by atoms with Crippen molar-refractivity contribution in [3.05, 3.63) is 64.1 Å². The lowest BCUT2D eigenvalue weighted by Gasteiger charge is -2.23. The smallest absolute Gasteiger partial charge is 0.264 e. The van der Waals surface area contributed by atoms with Crippen molar-refractivity contribution in [2.75, 3.05) is 11.4 Å². The molecule has 1 atom stereocenters. The van der Waals surface area contributed by atoms with Gasteiger partial charge in [-0.1, -0.05) is 60.1 Å². The Bertz CT molecular complexity index is 833. The number of halogens is 1.